The third-order valence-corrected chi connectivity index (χ3v) is 3.66. The summed E-state index contributed by atoms with van der Waals surface area (Å²) in [6.45, 7) is 4.06. The van der Waals surface area contributed by atoms with Crippen molar-refractivity contribution in [2.75, 3.05) is 18.9 Å². The van der Waals surface area contributed by atoms with Gasteiger partial charge in [-0.15, -0.1) is 0 Å². The summed E-state index contributed by atoms with van der Waals surface area (Å²) < 4.78 is 13.1. The van der Waals surface area contributed by atoms with Crippen LogP contribution in [0, 0.1) is 5.82 Å². The molecule has 126 valence electrons. The highest BCUT2D eigenvalue weighted by atomic mass is 19.1. The second-order valence-electron chi connectivity index (χ2n) is 6.00. The molecule has 0 atom stereocenters. The molecular formula is C19H21FN2O2. The summed E-state index contributed by atoms with van der Waals surface area (Å²) in [5.41, 5.74) is 2.04. The number of carbonyl (C=O) groups excluding carboxylic acids is 2. The lowest BCUT2D eigenvalue weighted by atomic mass is 10.0. The van der Waals surface area contributed by atoms with Crippen LogP contribution in [0.5, 0.6) is 0 Å². The van der Waals surface area contributed by atoms with E-state index in [0.717, 1.165) is 5.56 Å². The molecule has 2 amide bonds. The van der Waals surface area contributed by atoms with Gasteiger partial charge in [0.25, 0.3) is 5.91 Å². The molecule has 5 heteroatoms. The van der Waals surface area contributed by atoms with Crippen molar-refractivity contribution in [2.24, 2.45) is 0 Å². The van der Waals surface area contributed by atoms with E-state index in [1.165, 1.54) is 23.1 Å². The largest absolute Gasteiger partial charge is 0.332 e. The Morgan fingerprint density at radius 1 is 1.12 bits per heavy atom. The number of nitrogens with zero attached hydrogens (tertiary/aromatic N) is 1. The van der Waals surface area contributed by atoms with Crippen molar-refractivity contribution >= 4 is 17.5 Å². The highest BCUT2D eigenvalue weighted by Crippen LogP contribution is 2.15. The monoisotopic (exact) mass is 328 g/mol. The number of halogens is 1. The van der Waals surface area contributed by atoms with E-state index in [1.54, 1.807) is 25.2 Å². The van der Waals surface area contributed by atoms with E-state index in [1.807, 2.05) is 12.1 Å². The number of nitrogens with one attached hydrogen (secondary N) is 1. The average Bonchev–Trinajstić information content (AvgIpc) is 2.54. The van der Waals surface area contributed by atoms with Crippen LogP contribution in [0.3, 0.4) is 0 Å². The Bertz CT molecular complexity index is 726. The SMILES string of the molecule is CC(C)c1ccc(C(=O)N(C)CC(=O)Nc2cccc(F)c2)cc1. The van der Waals surface area contributed by atoms with Crippen LogP contribution in [0.4, 0.5) is 10.1 Å². The van der Waals surface area contributed by atoms with Gasteiger partial charge in [0, 0.05) is 18.3 Å². The fourth-order valence-electron chi connectivity index (χ4n) is 2.28. The lowest BCUT2D eigenvalue weighted by Gasteiger charge is -2.17. The van der Waals surface area contributed by atoms with Crippen LogP contribution in [0.2, 0.25) is 0 Å². The van der Waals surface area contributed by atoms with Gasteiger partial charge in [0.15, 0.2) is 0 Å². The maximum atomic E-state index is 13.1. The predicted molar refractivity (Wildman–Crippen MR) is 92.5 cm³/mol. The molecule has 0 bridgehead atoms. The maximum Gasteiger partial charge on any atom is 0.254 e. The van der Waals surface area contributed by atoms with E-state index < -0.39 is 5.82 Å². The lowest BCUT2D eigenvalue weighted by molar-refractivity contribution is -0.116. The van der Waals surface area contributed by atoms with Gasteiger partial charge in [0.1, 0.15) is 5.82 Å². The van der Waals surface area contributed by atoms with E-state index in [-0.39, 0.29) is 18.4 Å². The second-order valence-corrected chi connectivity index (χ2v) is 6.00. The van der Waals surface area contributed by atoms with Gasteiger partial charge in [-0.1, -0.05) is 32.0 Å². The second kappa shape index (κ2) is 7.73. The maximum absolute atomic E-state index is 13.1. The molecule has 0 spiro atoms. The summed E-state index contributed by atoms with van der Waals surface area (Å²) in [4.78, 5) is 25.7. The summed E-state index contributed by atoms with van der Waals surface area (Å²) >= 11 is 0. The van der Waals surface area contributed by atoms with Gasteiger partial charge in [-0.3, -0.25) is 9.59 Å². The van der Waals surface area contributed by atoms with E-state index in [9.17, 15) is 14.0 Å². The summed E-state index contributed by atoms with van der Waals surface area (Å²) in [6.07, 6.45) is 0. The Hall–Kier alpha value is -2.69. The molecule has 0 aliphatic rings. The number of carbonyl (C=O) groups is 2. The Labute approximate surface area is 141 Å². The molecule has 0 saturated heterocycles. The van der Waals surface area contributed by atoms with E-state index >= 15 is 0 Å². The van der Waals surface area contributed by atoms with Crippen molar-refractivity contribution in [3.05, 3.63) is 65.5 Å². The highest BCUT2D eigenvalue weighted by Gasteiger charge is 2.15. The Balaban J connectivity index is 1.96. The molecule has 0 aliphatic carbocycles. The van der Waals surface area contributed by atoms with Crippen molar-refractivity contribution < 1.29 is 14.0 Å². The number of likely N-dealkylation sites (N-methyl/N-ethyl adjacent to an activating group) is 1. The van der Waals surface area contributed by atoms with Gasteiger partial charge in [-0.05, 0) is 41.8 Å². The van der Waals surface area contributed by atoms with Crippen molar-refractivity contribution in [3.63, 3.8) is 0 Å². The molecule has 0 unspecified atom stereocenters. The van der Waals surface area contributed by atoms with E-state index in [4.69, 9.17) is 0 Å². The van der Waals surface area contributed by atoms with Crippen molar-refractivity contribution in [1.82, 2.24) is 4.90 Å². The molecular weight excluding hydrogens is 307 g/mol. The summed E-state index contributed by atoms with van der Waals surface area (Å²) in [5.74, 6) is -0.652. The molecule has 0 radical (unpaired) electrons. The van der Waals surface area contributed by atoms with Gasteiger partial charge in [0.05, 0.1) is 6.54 Å². The number of hydrogen-bond acceptors (Lipinski definition) is 2. The van der Waals surface area contributed by atoms with Crippen LogP contribution in [0.1, 0.15) is 35.7 Å². The Kier molecular flexibility index (Phi) is 5.68. The third-order valence-electron chi connectivity index (χ3n) is 3.66. The number of hydrogen-bond donors (Lipinski definition) is 1. The third kappa shape index (κ3) is 4.65. The van der Waals surface area contributed by atoms with Crippen molar-refractivity contribution in [3.8, 4) is 0 Å². The molecule has 0 aliphatic heterocycles. The Morgan fingerprint density at radius 2 is 1.79 bits per heavy atom. The highest BCUT2D eigenvalue weighted by molar-refractivity contribution is 5.99. The minimum absolute atomic E-state index is 0.110. The number of amides is 2. The summed E-state index contributed by atoms with van der Waals surface area (Å²) in [6, 6.07) is 13.0. The van der Waals surface area contributed by atoms with E-state index in [2.05, 4.69) is 19.2 Å². The molecule has 0 fully saturated rings. The van der Waals surface area contributed by atoms with Crippen LogP contribution in [0.25, 0.3) is 0 Å². The van der Waals surface area contributed by atoms with Crippen LogP contribution < -0.4 is 5.32 Å². The lowest BCUT2D eigenvalue weighted by Crippen LogP contribution is -2.34. The van der Waals surface area contributed by atoms with Gasteiger partial charge in [0.2, 0.25) is 5.91 Å². The first-order valence-electron chi connectivity index (χ1n) is 7.77. The predicted octanol–water partition coefficient (Wildman–Crippen LogP) is 3.66. The molecule has 0 heterocycles. The fourth-order valence-corrected chi connectivity index (χ4v) is 2.28. The molecule has 0 aromatic heterocycles. The van der Waals surface area contributed by atoms with Gasteiger partial charge in [-0.2, -0.15) is 0 Å². The number of rotatable bonds is 5. The first-order valence-corrected chi connectivity index (χ1v) is 7.77. The summed E-state index contributed by atoms with van der Waals surface area (Å²) in [5, 5.41) is 2.57. The topological polar surface area (TPSA) is 49.4 Å². The first kappa shape index (κ1) is 17.7. The molecule has 2 aromatic carbocycles. The Morgan fingerprint density at radius 3 is 2.38 bits per heavy atom. The molecule has 2 rings (SSSR count). The van der Waals surface area contributed by atoms with Crippen LogP contribution in [0.15, 0.2) is 48.5 Å². The first-order chi connectivity index (χ1) is 11.4. The fraction of sp³-hybridized carbons (Fsp3) is 0.263. The molecule has 24 heavy (non-hydrogen) atoms. The molecule has 1 N–H and O–H groups in total. The van der Waals surface area contributed by atoms with Crippen LogP contribution >= 0.6 is 0 Å². The zero-order valence-electron chi connectivity index (χ0n) is 14.0. The van der Waals surface area contributed by atoms with Gasteiger partial charge < -0.3 is 10.2 Å². The average molecular weight is 328 g/mol. The minimum Gasteiger partial charge on any atom is -0.332 e. The summed E-state index contributed by atoms with van der Waals surface area (Å²) in [7, 11) is 1.56. The number of benzene rings is 2. The zero-order valence-corrected chi connectivity index (χ0v) is 14.0. The van der Waals surface area contributed by atoms with Crippen LogP contribution in [-0.4, -0.2) is 30.3 Å². The van der Waals surface area contributed by atoms with E-state index in [0.29, 0.717) is 17.2 Å². The standard InChI is InChI=1S/C19H21FN2O2/c1-13(2)14-7-9-15(10-8-14)19(24)22(3)12-18(23)21-17-6-4-5-16(20)11-17/h4-11,13H,12H2,1-3H3,(H,21,23). The van der Waals surface area contributed by atoms with Gasteiger partial charge >= 0.3 is 0 Å². The quantitative estimate of drug-likeness (QED) is 0.910. The van der Waals surface area contributed by atoms with Crippen LogP contribution in [-0.2, 0) is 4.79 Å². The number of anilines is 1. The van der Waals surface area contributed by atoms with Crippen molar-refractivity contribution in [1.29, 1.82) is 0 Å². The normalized spacial score (nSPS) is 10.5. The van der Waals surface area contributed by atoms with Gasteiger partial charge in [-0.25, -0.2) is 4.39 Å². The zero-order chi connectivity index (χ0) is 17.7. The minimum atomic E-state index is -0.428. The smallest absolute Gasteiger partial charge is 0.254 e. The van der Waals surface area contributed by atoms with Crippen molar-refractivity contribution in [2.45, 2.75) is 19.8 Å². The molecule has 4 nitrogen and oxygen atoms in total. The molecule has 2 aromatic rings. The molecule has 0 saturated carbocycles.